The molecule has 0 bridgehead atoms. The lowest BCUT2D eigenvalue weighted by Crippen LogP contribution is -1.97. The largest absolute Gasteiger partial charge is 0.340 e. The maximum Gasteiger partial charge on any atom is 0.133 e. The Morgan fingerprint density at radius 1 is 0.789 bits per heavy atom. The fourth-order valence-electron chi connectivity index (χ4n) is 5.99. The normalized spacial score (nSPS) is 14.4. The molecule has 0 atom stereocenters. The fraction of sp³-hybridized carbons (Fsp3) is 0.194. The summed E-state index contributed by atoms with van der Waals surface area (Å²) < 4.78 is 0. The third kappa shape index (κ3) is 4.75. The van der Waals surface area contributed by atoms with Crippen molar-refractivity contribution >= 4 is 39.7 Å². The Morgan fingerprint density at radius 3 is 2.13 bits per heavy atom. The second-order valence-electron chi connectivity index (χ2n) is 10.1. The molecule has 2 nitrogen and oxygen atoms in total. The van der Waals surface area contributed by atoms with Gasteiger partial charge in [-0.15, -0.1) is 0 Å². The summed E-state index contributed by atoms with van der Waals surface area (Å²) in [5, 5.41) is 5.41. The molecule has 5 aromatic rings. The van der Waals surface area contributed by atoms with Gasteiger partial charge in [0.2, 0.25) is 0 Å². The zero-order chi connectivity index (χ0) is 25.7. The Labute approximate surface area is 225 Å². The van der Waals surface area contributed by atoms with Gasteiger partial charge in [0.05, 0.1) is 0 Å². The van der Waals surface area contributed by atoms with Crippen molar-refractivity contribution in [1.29, 1.82) is 0 Å². The van der Waals surface area contributed by atoms with Gasteiger partial charge in [-0.1, -0.05) is 97.9 Å². The molecule has 0 aliphatic carbocycles. The number of hydrogen-bond acceptors (Lipinski definition) is 1. The van der Waals surface area contributed by atoms with Crippen molar-refractivity contribution in [3.8, 4) is 0 Å². The second-order valence-corrected chi connectivity index (χ2v) is 10.1. The van der Waals surface area contributed by atoms with Crippen molar-refractivity contribution in [3.63, 3.8) is 0 Å². The van der Waals surface area contributed by atoms with Crippen LogP contribution in [0.25, 0.3) is 27.6 Å². The van der Waals surface area contributed by atoms with Gasteiger partial charge in [-0.05, 0) is 94.5 Å². The van der Waals surface area contributed by atoms with Gasteiger partial charge in [0.1, 0.15) is 5.82 Å². The molecule has 38 heavy (non-hydrogen) atoms. The van der Waals surface area contributed by atoms with E-state index >= 15 is 0 Å². The number of benzene rings is 4. The molecule has 0 radical (unpaired) electrons. The third-order valence-electron chi connectivity index (χ3n) is 7.79. The van der Waals surface area contributed by atoms with E-state index in [9.17, 15) is 0 Å². The smallest absolute Gasteiger partial charge is 0.133 e. The lowest BCUT2D eigenvalue weighted by atomic mass is 9.87. The highest BCUT2D eigenvalue weighted by atomic mass is 14.9. The van der Waals surface area contributed by atoms with Gasteiger partial charge in [-0.2, -0.15) is 0 Å². The van der Waals surface area contributed by atoms with Crippen LogP contribution >= 0.6 is 0 Å². The van der Waals surface area contributed by atoms with Crippen LogP contribution in [-0.2, 0) is 25.7 Å². The van der Waals surface area contributed by atoms with E-state index in [1.165, 1.54) is 55.1 Å². The third-order valence-corrected chi connectivity index (χ3v) is 7.79. The van der Waals surface area contributed by atoms with E-state index in [0.717, 1.165) is 44.3 Å². The van der Waals surface area contributed by atoms with Crippen molar-refractivity contribution in [2.45, 2.75) is 45.4 Å². The van der Waals surface area contributed by atoms with Crippen molar-refractivity contribution in [3.05, 3.63) is 131 Å². The number of H-pyrrole nitrogens is 1. The van der Waals surface area contributed by atoms with Gasteiger partial charge in [-0.3, -0.25) is 0 Å². The Kier molecular flexibility index (Phi) is 7.04. The van der Waals surface area contributed by atoms with Crippen LogP contribution in [0.2, 0.25) is 0 Å². The first-order chi connectivity index (χ1) is 18.8. The van der Waals surface area contributed by atoms with Crippen LogP contribution in [0.5, 0.6) is 0 Å². The number of hydrogen-bond donors (Lipinski definition) is 1. The van der Waals surface area contributed by atoms with Crippen molar-refractivity contribution < 1.29 is 0 Å². The van der Waals surface area contributed by atoms with Gasteiger partial charge < -0.3 is 4.98 Å². The second kappa shape index (κ2) is 11.1. The number of aromatic nitrogens is 1. The average molecular weight is 495 g/mol. The van der Waals surface area contributed by atoms with Crippen LogP contribution in [-0.4, -0.2) is 11.2 Å². The first kappa shape index (κ1) is 24.2. The monoisotopic (exact) mass is 494 g/mol. The number of nitrogens with zero attached hydrogens (tertiary/aromatic N) is 1. The topological polar surface area (TPSA) is 28.1 Å². The van der Waals surface area contributed by atoms with Gasteiger partial charge in [0.25, 0.3) is 0 Å². The Morgan fingerprint density at radius 2 is 1.45 bits per heavy atom. The van der Waals surface area contributed by atoms with Crippen LogP contribution in [0, 0.1) is 0 Å². The Hall–Kier alpha value is -4.17. The quantitative estimate of drug-likeness (QED) is 0.228. The van der Waals surface area contributed by atoms with Crippen LogP contribution in [0.4, 0.5) is 5.82 Å². The zero-order valence-corrected chi connectivity index (χ0v) is 22.1. The molecule has 0 saturated heterocycles. The van der Waals surface area contributed by atoms with E-state index in [-0.39, 0.29) is 0 Å². The Balaban J connectivity index is 1.41. The van der Waals surface area contributed by atoms with Gasteiger partial charge >= 0.3 is 0 Å². The number of nitrogens with one attached hydrogen (secondary N) is 1. The van der Waals surface area contributed by atoms with Crippen molar-refractivity contribution in [1.82, 2.24) is 4.98 Å². The molecular formula is C36H34N2. The molecule has 1 aliphatic heterocycles. The molecule has 0 saturated carbocycles. The summed E-state index contributed by atoms with van der Waals surface area (Å²) in [6.45, 7) is 2.25. The number of allylic oxidation sites excluding steroid dienone is 3. The summed E-state index contributed by atoms with van der Waals surface area (Å²) in [6, 6.07) is 28.7. The average Bonchev–Trinajstić information content (AvgIpc) is 3.34. The van der Waals surface area contributed by atoms with E-state index < -0.39 is 0 Å². The van der Waals surface area contributed by atoms with Crippen LogP contribution in [0.15, 0.2) is 102 Å². The number of aromatic amines is 1. The van der Waals surface area contributed by atoms with Crippen LogP contribution in [0.1, 0.15) is 53.3 Å². The summed E-state index contributed by atoms with van der Waals surface area (Å²) in [4.78, 5) is 8.35. The van der Waals surface area contributed by atoms with Crippen LogP contribution in [0.3, 0.4) is 0 Å². The molecule has 0 amide bonds. The summed E-state index contributed by atoms with van der Waals surface area (Å²) in [7, 11) is 0. The van der Waals surface area contributed by atoms with Gasteiger partial charge in [0, 0.05) is 17.5 Å². The van der Waals surface area contributed by atoms with Crippen LogP contribution < -0.4 is 0 Å². The SMILES string of the molecule is CCc1c(/C=C\Cc2c3ccccc3c(Cc3ccccc3)c3ccccc23)[nH]c2c1CCC/C=C\C=N2. The number of rotatable bonds is 6. The van der Waals surface area contributed by atoms with Crippen molar-refractivity contribution in [2.75, 3.05) is 0 Å². The molecule has 1 N–H and O–H groups in total. The van der Waals surface area contributed by atoms with E-state index in [2.05, 4.69) is 115 Å². The molecule has 0 spiro atoms. The summed E-state index contributed by atoms with van der Waals surface area (Å²) >= 11 is 0. The lowest BCUT2D eigenvalue weighted by molar-refractivity contribution is 0.836. The molecule has 2 heterocycles. The van der Waals surface area contributed by atoms with Gasteiger partial charge in [-0.25, -0.2) is 4.99 Å². The zero-order valence-electron chi connectivity index (χ0n) is 22.1. The highest BCUT2D eigenvalue weighted by molar-refractivity contribution is 6.06. The summed E-state index contributed by atoms with van der Waals surface area (Å²) in [5.41, 5.74) is 8.14. The van der Waals surface area contributed by atoms with Gasteiger partial charge in [0.15, 0.2) is 0 Å². The van der Waals surface area contributed by atoms with E-state index in [4.69, 9.17) is 4.99 Å². The minimum Gasteiger partial charge on any atom is -0.340 e. The molecule has 6 rings (SSSR count). The number of fused-ring (bicyclic) bond motifs is 3. The predicted molar refractivity (Wildman–Crippen MR) is 164 cm³/mol. The first-order valence-corrected chi connectivity index (χ1v) is 13.9. The highest BCUT2D eigenvalue weighted by Crippen LogP contribution is 2.35. The molecule has 0 unspecified atom stereocenters. The molecule has 1 aromatic heterocycles. The Bertz CT molecular complexity index is 1610. The summed E-state index contributed by atoms with van der Waals surface area (Å²) in [6.07, 6.45) is 17.0. The maximum atomic E-state index is 4.73. The fourth-order valence-corrected chi connectivity index (χ4v) is 5.99. The molecule has 2 heteroatoms. The molecule has 4 aromatic carbocycles. The van der Waals surface area contributed by atoms with E-state index in [0.29, 0.717) is 0 Å². The van der Waals surface area contributed by atoms with Crippen molar-refractivity contribution in [2.24, 2.45) is 4.99 Å². The highest BCUT2D eigenvalue weighted by Gasteiger charge is 2.16. The van der Waals surface area contributed by atoms with E-state index in [1.54, 1.807) is 0 Å². The first-order valence-electron chi connectivity index (χ1n) is 13.9. The maximum absolute atomic E-state index is 4.73. The molecule has 0 fully saturated rings. The lowest BCUT2D eigenvalue weighted by Gasteiger charge is -2.16. The standard InChI is InChI=1S/C36H34N2/c1-2-27-33-21-8-3-4-13-24-37-36(33)38-35(27)23-14-22-30-28-17-9-11-19-31(28)34(25-26-15-6-5-7-16-26)32-20-12-10-18-29(30)32/h4-7,9-20,23-24,38H,2-3,8,21-22,25H2,1H3/b13-4-,23-14-,37-24?. The molecular weight excluding hydrogens is 460 g/mol. The predicted octanol–water partition coefficient (Wildman–Crippen LogP) is 9.32. The molecule has 188 valence electrons. The minimum absolute atomic E-state index is 0.880. The minimum atomic E-state index is 0.880. The van der Waals surface area contributed by atoms with E-state index in [1.807, 2.05) is 6.21 Å². The number of aliphatic imine (C=N–C) groups is 1. The molecule has 1 aliphatic rings. The summed E-state index contributed by atoms with van der Waals surface area (Å²) in [5.74, 6) is 1.02.